The van der Waals surface area contributed by atoms with Crippen molar-refractivity contribution >= 4 is 11.8 Å². The van der Waals surface area contributed by atoms with Gasteiger partial charge in [0.1, 0.15) is 5.82 Å². The Morgan fingerprint density at radius 2 is 1.74 bits per heavy atom. The maximum Gasteiger partial charge on any atom is 0.254 e. The Labute approximate surface area is 134 Å². The van der Waals surface area contributed by atoms with Crippen molar-refractivity contribution in [2.75, 3.05) is 13.6 Å². The molecule has 120 valence electrons. The molecule has 5 heteroatoms. The van der Waals surface area contributed by atoms with Gasteiger partial charge in [-0.3, -0.25) is 9.59 Å². The minimum atomic E-state index is -0.606. The van der Waals surface area contributed by atoms with Gasteiger partial charge in [0, 0.05) is 13.6 Å². The van der Waals surface area contributed by atoms with Crippen molar-refractivity contribution in [3.05, 3.63) is 71.0 Å². The predicted octanol–water partition coefficient (Wildman–Crippen LogP) is 2.52. The number of hydrogen-bond acceptors (Lipinski definition) is 2. The zero-order valence-corrected chi connectivity index (χ0v) is 13.2. The first-order valence-corrected chi connectivity index (χ1v) is 7.30. The molecule has 2 aromatic carbocycles. The highest BCUT2D eigenvalue weighted by atomic mass is 19.1. The Bertz CT molecular complexity index is 716. The van der Waals surface area contributed by atoms with Gasteiger partial charge in [0.15, 0.2) is 0 Å². The van der Waals surface area contributed by atoms with Gasteiger partial charge in [-0.25, -0.2) is 4.39 Å². The van der Waals surface area contributed by atoms with E-state index < -0.39 is 11.7 Å². The molecule has 2 rings (SSSR count). The number of nitrogens with zero attached hydrogens (tertiary/aromatic N) is 1. The molecule has 0 aliphatic carbocycles. The van der Waals surface area contributed by atoms with Gasteiger partial charge in [-0.15, -0.1) is 0 Å². The van der Waals surface area contributed by atoms with Crippen molar-refractivity contribution in [3.63, 3.8) is 0 Å². The molecule has 0 radical (unpaired) electrons. The van der Waals surface area contributed by atoms with E-state index in [-0.39, 0.29) is 18.0 Å². The fraction of sp³-hybridized carbons (Fsp3) is 0.222. The Hall–Kier alpha value is -2.69. The van der Waals surface area contributed by atoms with Crippen molar-refractivity contribution in [3.8, 4) is 0 Å². The summed E-state index contributed by atoms with van der Waals surface area (Å²) in [6, 6.07) is 13.5. The standard InChI is InChI=1S/C18H19FN2O2/c1-13-7-3-4-8-14(13)12-21(2)17(22)11-20-18(23)15-9-5-6-10-16(15)19/h3-10H,11-12H2,1-2H3,(H,20,23). The van der Waals surface area contributed by atoms with E-state index in [1.807, 2.05) is 31.2 Å². The third kappa shape index (κ3) is 4.39. The summed E-state index contributed by atoms with van der Waals surface area (Å²) in [5.74, 6) is -1.44. The number of rotatable bonds is 5. The molecule has 0 aromatic heterocycles. The number of carbonyl (C=O) groups excluding carboxylic acids is 2. The lowest BCUT2D eigenvalue weighted by atomic mass is 10.1. The van der Waals surface area contributed by atoms with Crippen molar-refractivity contribution in [1.29, 1.82) is 0 Å². The van der Waals surface area contributed by atoms with Crippen LogP contribution in [0.5, 0.6) is 0 Å². The zero-order valence-electron chi connectivity index (χ0n) is 13.2. The molecule has 23 heavy (non-hydrogen) atoms. The summed E-state index contributed by atoms with van der Waals surface area (Å²) in [5, 5.41) is 2.45. The molecule has 0 spiro atoms. The van der Waals surface area contributed by atoms with Crippen molar-refractivity contribution < 1.29 is 14.0 Å². The predicted molar refractivity (Wildman–Crippen MR) is 86.4 cm³/mol. The second kappa shape index (κ2) is 7.54. The summed E-state index contributed by atoms with van der Waals surface area (Å²) in [4.78, 5) is 25.5. The average molecular weight is 314 g/mol. The normalized spacial score (nSPS) is 10.2. The molecule has 0 fully saturated rings. The molecule has 0 aliphatic rings. The molecule has 4 nitrogen and oxygen atoms in total. The van der Waals surface area contributed by atoms with Gasteiger partial charge in [-0.1, -0.05) is 36.4 Å². The first kappa shape index (κ1) is 16.7. The maximum absolute atomic E-state index is 13.5. The van der Waals surface area contributed by atoms with E-state index in [1.165, 1.54) is 23.1 Å². The summed E-state index contributed by atoms with van der Waals surface area (Å²) < 4.78 is 13.5. The fourth-order valence-electron chi connectivity index (χ4n) is 2.16. The summed E-state index contributed by atoms with van der Waals surface area (Å²) in [6.07, 6.45) is 0. The molecule has 2 amide bonds. The Morgan fingerprint density at radius 1 is 1.09 bits per heavy atom. The quantitative estimate of drug-likeness (QED) is 0.922. The van der Waals surface area contributed by atoms with E-state index in [9.17, 15) is 14.0 Å². The minimum Gasteiger partial charge on any atom is -0.343 e. The Morgan fingerprint density at radius 3 is 2.43 bits per heavy atom. The molecular formula is C18H19FN2O2. The van der Waals surface area contributed by atoms with Crippen molar-refractivity contribution in [2.45, 2.75) is 13.5 Å². The third-order valence-electron chi connectivity index (χ3n) is 3.61. The average Bonchev–Trinajstić information content (AvgIpc) is 2.54. The van der Waals surface area contributed by atoms with Crippen molar-refractivity contribution in [2.24, 2.45) is 0 Å². The first-order chi connectivity index (χ1) is 11.0. The van der Waals surface area contributed by atoms with Crippen LogP contribution in [0.2, 0.25) is 0 Å². The number of benzene rings is 2. The van der Waals surface area contributed by atoms with E-state index in [0.717, 1.165) is 11.1 Å². The molecule has 0 aliphatic heterocycles. The molecule has 0 bridgehead atoms. The summed E-state index contributed by atoms with van der Waals surface area (Å²) in [6.45, 7) is 2.27. The van der Waals surface area contributed by atoms with Crippen LogP contribution in [-0.2, 0) is 11.3 Å². The van der Waals surface area contributed by atoms with Gasteiger partial charge in [0.2, 0.25) is 5.91 Å². The Kier molecular flexibility index (Phi) is 5.46. The molecule has 0 atom stereocenters. The van der Waals surface area contributed by atoms with E-state index in [0.29, 0.717) is 6.54 Å². The maximum atomic E-state index is 13.5. The van der Waals surface area contributed by atoms with Crippen LogP contribution in [0, 0.1) is 12.7 Å². The number of halogens is 1. The lowest BCUT2D eigenvalue weighted by molar-refractivity contribution is -0.129. The van der Waals surface area contributed by atoms with Gasteiger partial charge in [-0.2, -0.15) is 0 Å². The monoisotopic (exact) mass is 314 g/mol. The van der Waals surface area contributed by atoms with Crippen LogP contribution in [-0.4, -0.2) is 30.3 Å². The number of nitrogens with one attached hydrogen (secondary N) is 1. The van der Waals surface area contributed by atoms with Gasteiger partial charge >= 0.3 is 0 Å². The largest absolute Gasteiger partial charge is 0.343 e. The van der Waals surface area contributed by atoms with E-state index in [4.69, 9.17) is 0 Å². The van der Waals surface area contributed by atoms with Crippen LogP contribution in [0.4, 0.5) is 4.39 Å². The number of hydrogen-bond donors (Lipinski definition) is 1. The summed E-state index contributed by atoms with van der Waals surface area (Å²) >= 11 is 0. The summed E-state index contributed by atoms with van der Waals surface area (Å²) in [5.41, 5.74) is 2.08. The topological polar surface area (TPSA) is 49.4 Å². The lowest BCUT2D eigenvalue weighted by Crippen LogP contribution is -2.38. The van der Waals surface area contributed by atoms with E-state index in [2.05, 4.69) is 5.32 Å². The second-order valence-corrected chi connectivity index (χ2v) is 5.34. The zero-order chi connectivity index (χ0) is 16.8. The van der Waals surface area contributed by atoms with Crippen molar-refractivity contribution in [1.82, 2.24) is 10.2 Å². The van der Waals surface area contributed by atoms with Crippen LogP contribution in [0.15, 0.2) is 48.5 Å². The van der Waals surface area contributed by atoms with Crippen LogP contribution >= 0.6 is 0 Å². The van der Waals surface area contributed by atoms with Gasteiger partial charge in [-0.05, 0) is 30.2 Å². The highest BCUT2D eigenvalue weighted by Crippen LogP contribution is 2.09. The number of carbonyl (C=O) groups is 2. The van der Waals surface area contributed by atoms with E-state index >= 15 is 0 Å². The van der Waals surface area contributed by atoms with Gasteiger partial charge < -0.3 is 10.2 Å². The summed E-state index contributed by atoms with van der Waals surface area (Å²) in [7, 11) is 1.67. The Balaban J connectivity index is 1.91. The van der Waals surface area contributed by atoms with Crippen LogP contribution in [0.1, 0.15) is 21.5 Å². The SMILES string of the molecule is Cc1ccccc1CN(C)C(=O)CNC(=O)c1ccccc1F. The van der Waals surface area contributed by atoms with Crippen LogP contribution in [0.25, 0.3) is 0 Å². The second-order valence-electron chi connectivity index (χ2n) is 5.34. The highest BCUT2D eigenvalue weighted by molar-refractivity contribution is 5.96. The minimum absolute atomic E-state index is 0.0677. The first-order valence-electron chi connectivity index (χ1n) is 7.30. The van der Waals surface area contributed by atoms with Gasteiger partial charge in [0.05, 0.1) is 12.1 Å². The number of aryl methyl sites for hydroxylation is 1. The molecule has 0 saturated heterocycles. The lowest BCUT2D eigenvalue weighted by Gasteiger charge is -2.18. The number of likely N-dealkylation sites (N-methyl/N-ethyl adjacent to an activating group) is 1. The fourth-order valence-corrected chi connectivity index (χ4v) is 2.16. The van der Waals surface area contributed by atoms with E-state index in [1.54, 1.807) is 13.1 Å². The highest BCUT2D eigenvalue weighted by Gasteiger charge is 2.14. The van der Waals surface area contributed by atoms with Crippen LogP contribution < -0.4 is 5.32 Å². The smallest absolute Gasteiger partial charge is 0.254 e. The molecule has 0 heterocycles. The number of amides is 2. The van der Waals surface area contributed by atoms with Gasteiger partial charge in [0.25, 0.3) is 5.91 Å². The van der Waals surface area contributed by atoms with Crippen LogP contribution in [0.3, 0.4) is 0 Å². The molecular weight excluding hydrogens is 295 g/mol. The molecule has 2 aromatic rings. The molecule has 1 N–H and O–H groups in total. The molecule has 0 unspecified atom stereocenters. The third-order valence-corrected chi connectivity index (χ3v) is 3.61. The molecule has 0 saturated carbocycles.